The number of nitrogens with one attached hydrogen (secondary N) is 2. The third-order valence-electron chi connectivity index (χ3n) is 2.37. The van der Waals surface area contributed by atoms with Crippen molar-refractivity contribution in [2.45, 2.75) is 0 Å². The maximum atomic E-state index is 5.81. The number of nitrogens with zero attached hydrogens (tertiary/aromatic N) is 1. The van der Waals surface area contributed by atoms with Crippen LogP contribution in [0.5, 0.6) is 0 Å². The molecule has 1 heterocycles. The van der Waals surface area contributed by atoms with Gasteiger partial charge in [0.2, 0.25) is 0 Å². The predicted octanol–water partition coefficient (Wildman–Crippen LogP) is 1.87. The zero-order valence-corrected chi connectivity index (χ0v) is 10.9. The van der Waals surface area contributed by atoms with Gasteiger partial charge >= 0.3 is 0 Å². The van der Waals surface area contributed by atoms with Crippen LogP contribution in [0.15, 0.2) is 24.3 Å². The fraction of sp³-hybridized carbons (Fsp3) is 0.364. The average molecular weight is 272 g/mol. The van der Waals surface area contributed by atoms with Crippen molar-refractivity contribution in [2.75, 3.05) is 31.6 Å². The van der Waals surface area contributed by atoms with Crippen LogP contribution in [-0.2, 0) is 4.74 Å². The fourth-order valence-corrected chi connectivity index (χ4v) is 1.88. The van der Waals surface area contributed by atoms with E-state index in [1.54, 1.807) is 0 Å². The van der Waals surface area contributed by atoms with Crippen LogP contribution in [0.4, 0.5) is 5.69 Å². The van der Waals surface area contributed by atoms with Gasteiger partial charge in [-0.05, 0) is 36.5 Å². The van der Waals surface area contributed by atoms with Gasteiger partial charge in [-0.2, -0.15) is 0 Å². The summed E-state index contributed by atoms with van der Waals surface area (Å²) in [6.07, 6.45) is 0. The van der Waals surface area contributed by atoms with Gasteiger partial charge in [0.25, 0.3) is 0 Å². The Labute approximate surface area is 111 Å². The van der Waals surface area contributed by atoms with Crippen LogP contribution < -0.4 is 10.7 Å². The molecule has 0 atom stereocenters. The average Bonchev–Trinajstić information content (AvgIpc) is 2.33. The quantitative estimate of drug-likeness (QED) is 0.804. The number of hydrazine groups is 1. The van der Waals surface area contributed by atoms with Gasteiger partial charge in [-0.25, -0.2) is 5.01 Å². The zero-order valence-electron chi connectivity index (χ0n) is 9.28. The molecule has 1 fully saturated rings. The Morgan fingerprint density at radius 2 is 1.88 bits per heavy atom. The van der Waals surface area contributed by atoms with E-state index in [-0.39, 0.29) is 0 Å². The number of hydrogen-bond acceptors (Lipinski definition) is 3. The lowest BCUT2D eigenvalue weighted by atomic mass is 10.3. The largest absolute Gasteiger partial charge is 0.379 e. The van der Waals surface area contributed by atoms with E-state index in [4.69, 9.17) is 28.6 Å². The standard InChI is InChI=1S/C11H14ClN3OS/c12-9-1-3-10(4-2-9)13-11(17)14-15-5-7-16-8-6-15/h1-4H,5-8H2,(H2,13,14,17). The van der Waals surface area contributed by atoms with Crippen LogP contribution in [0.2, 0.25) is 5.02 Å². The van der Waals surface area contributed by atoms with Crippen molar-refractivity contribution in [1.82, 2.24) is 10.4 Å². The summed E-state index contributed by atoms with van der Waals surface area (Å²) < 4.78 is 5.25. The molecule has 0 aliphatic carbocycles. The highest BCUT2D eigenvalue weighted by Crippen LogP contribution is 2.13. The second-order valence-corrected chi connectivity index (χ2v) is 4.52. The van der Waals surface area contributed by atoms with E-state index in [1.807, 2.05) is 29.3 Å². The molecule has 0 bridgehead atoms. The fourth-order valence-electron chi connectivity index (χ4n) is 1.51. The molecule has 17 heavy (non-hydrogen) atoms. The lowest BCUT2D eigenvalue weighted by molar-refractivity contribution is 0.0252. The Bertz CT molecular complexity index is 379. The maximum absolute atomic E-state index is 5.81. The minimum Gasteiger partial charge on any atom is -0.379 e. The Balaban J connectivity index is 1.82. The molecule has 6 heteroatoms. The number of morpholine rings is 1. The van der Waals surface area contributed by atoms with E-state index in [9.17, 15) is 0 Å². The first-order valence-corrected chi connectivity index (χ1v) is 6.18. The van der Waals surface area contributed by atoms with Crippen LogP contribution in [0.25, 0.3) is 0 Å². The molecule has 0 amide bonds. The molecule has 1 aromatic rings. The monoisotopic (exact) mass is 271 g/mol. The summed E-state index contributed by atoms with van der Waals surface area (Å²) in [6, 6.07) is 7.41. The number of anilines is 1. The molecule has 92 valence electrons. The van der Waals surface area contributed by atoms with Crippen LogP contribution in [0.3, 0.4) is 0 Å². The molecule has 1 aliphatic heterocycles. The second kappa shape index (κ2) is 6.16. The Kier molecular flexibility index (Phi) is 4.56. The van der Waals surface area contributed by atoms with Crippen molar-refractivity contribution >= 4 is 34.6 Å². The van der Waals surface area contributed by atoms with Crippen molar-refractivity contribution < 1.29 is 4.74 Å². The molecule has 0 radical (unpaired) electrons. The lowest BCUT2D eigenvalue weighted by Crippen LogP contribution is -2.49. The van der Waals surface area contributed by atoms with Crippen molar-refractivity contribution in [2.24, 2.45) is 0 Å². The first kappa shape index (κ1) is 12.6. The van der Waals surface area contributed by atoms with Crippen molar-refractivity contribution in [1.29, 1.82) is 0 Å². The van der Waals surface area contributed by atoms with E-state index in [2.05, 4.69) is 10.7 Å². The molecule has 1 aliphatic rings. The zero-order chi connectivity index (χ0) is 12.1. The number of ether oxygens (including phenoxy) is 1. The molecule has 0 aromatic heterocycles. The Morgan fingerprint density at radius 1 is 1.24 bits per heavy atom. The summed E-state index contributed by atoms with van der Waals surface area (Å²) in [5.74, 6) is 0. The maximum Gasteiger partial charge on any atom is 0.185 e. The van der Waals surface area contributed by atoms with E-state index in [0.29, 0.717) is 10.1 Å². The van der Waals surface area contributed by atoms with E-state index in [1.165, 1.54) is 0 Å². The van der Waals surface area contributed by atoms with E-state index < -0.39 is 0 Å². The number of thiocarbonyl (C=S) groups is 1. The summed E-state index contributed by atoms with van der Waals surface area (Å²) in [6.45, 7) is 3.14. The van der Waals surface area contributed by atoms with Crippen LogP contribution in [0.1, 0.15) is 0 Å². The van der Waals surface area contributed by atoms with E-state index >= 15 is 0 Å². The number of halogens is 1. The summed E-state index contributed by atoms with van der Waals surface area (Å²) in [4.78, 5) is 0. The van der Waals surface area contributed by atoms with Crippen molar-refractivity contribution in [3.63, 3.8) is 0 Å². The summed E-state index contributed by atoms with van der Waals surface area (Å²) in [5.41, 5.74) is 4.04. The van der Waals surface area contributed by atoms with Gasteiger partial charge < -0.3 is 10.1 Å². The van der Waals surface area contributed by atoms with Gasteiger partial charge in [-0.1, -0.05) is 11.6 Å². The number of hydrogen-bond donors (Lipinski definition) is 2. The van der Waals surface area contributed by atoms with Gasteiger partial charge in [0.05, 0.1) is 13.2 Å². The normalized spacial score (nSPS) is 16.5. The topological polar surface area (TPSA) is 36.5 Å². The molecule has 2 rings (SSSR count). The van der Waals surface area contributed by atoms with Crippen molar-refractivity contribution in [3.05, 3.63) is 29.3 Å². The molecule has 0 saturated carbocycles. The number of benzene rings is 1. The van der Waals surface area contributed by atoms with Gasteiger partial charge in [-0.3, -0.25) is 5.43 Å². The molecular weight excluding hydrogens is 258 g/mol. The number of rotatable bonds is 2. The third kappa shape index (κ3) is 4.12. The molecule has 1 aromatic carbocycles. The smallest absolute Gasteiger partial charge is 0.185 e. The minimum absolute atomic E-state index is 0.578. The summed E-state index contributed by atoms with van der Waals surface area (Å²) in [7, 11) is 0. The molecular formula is C11H14ClN3OS. The molecule has 4 nitrogen and oxygen atoms in total. The van der Waals surface area contributed by atoms with E-state index in [0.717, 1.165) is 32.0 Å². The van der Waals surface area contributed by atoms with Crippen LogP contribution >= 0.6 is 23.8 Å². The molecule has 0 spiro atoms. The van der Waals surface area contributed by atoms with Crippen molar-refractivity contribution in [3.8, 4) is 0 Å². The third-order valence-corrected chi connectivity index (χ3v) is 2.82. The Morgan fingerprint density at radius 3 is 2.53 bits per heavy atom. The highest BCUT2D eigenvalue weighted by atomic mass is 35.5. The molecule has 1 saturated heterocycles. The highest BCUT2D eigenvalue weighted by Gasteiger charge is 2.10. The SMILES string of the molecule is S=C(Nc1ccc(Cl)cc1)NN1CCOCC1. The first-order valence-electron chi connectivity index (χ1n) is 5.40. The summed E-state index contributed by atoms with van der Waals surface area (Å²) >= 11 is 11.0. The van der Waals surface area contributed by atoms with Gasteiger partial charge in [0, 0.05) is 23.8 Å². The molecule has 2 N–H and O–H groups in total. The second-order valence-electron chi connectivity index (χ2n) is 3.67. The minimum atomic E-state index is 0.578. The lowest BCUT2D eigenvalue weighted by Gasteiger charge is -2.28. The molecule has 0 unspecified atom stereocenters. The summed E-state index contributed by atoms with van der Waals surface area (Å²) in [5, 5.41) is 6.42. The van der Waals surface area contributed by atoms with Gasteiger partial charge in [0.15, 0.2) is 5.11 Å². The highest BCUT2D eigenvalue weighted by molar-refractivity contribution is 7.80. The van der Waals surface area contributed by atoms with Gasteiger partial charge in [0.1, 0.15) is 0 Å². The first-order chi connectivity index (χ1) is 8.24. The predicted molar refractivity (Wildman–Crippen MR) is 73.2 cm³/mol. The van der Waals surface area contributed by atoms with Crippen LogP contribution in [0, 0.1) is 0 Å². The van der Waals surface area contributed by atoms with Crippen LogP contribution in [-0.4, -0.2) is 36.4 Å². The Hall–Kier alpha value is -0.880. The van der Waals surface area contributed by atoms with Gasteiger partial charge in [-0.15, -0.1) is 0 Å².